The first kappa shape index (κ1) is 16.9. The summed E-state index contributed by atoms with van der Waals surface area (Å²) in [7, 11) is 0. The van der Waals surface area contributed by atoms with Gasteiger partial charge in [-0.2, -0.15) is 0 Å². The molecule has 2 atom stereocenters. The predicted molar refractivity (Wildman–Crippen MR) is 101 cm³/mol. The fraction of sp³-hybridized carbons (Fsp3) is 0.286. The Hall–Kier alpha value is -1.97. The number of aryl methyl sites for hydroxylation is 1. The standard InChI is InChI=1S/C21H22O2S/c1-14-12-19(22)15(2)18(14)9-11-21(3,23)10-8-17-13-16-6-4-5-7-20(16)24-17/h4-7,9,11,13,18,23H,1-2,8,10,12H2,3H3/b11-9+/t18-,21+/m0/s1. The fourth-order valence-electron chi connectivity index (χ4n) is 3.02. The number of carbonyl (C=O) groups is 1. The summed E-state index contributed by atoms with van der Waals surface area (Å²) in [6.07, 6.45) is 5.50. The van der Waals surface area contributed by atoms with Crippen LogP contribution >= 0.6 is 11.3 Å². The minimum absolute atomic E-state index is 0.0552. The zero-order valence-corrected chi connectivity index (χ0v) is 14.7. The van der Waals surface area contributed by atoms with E-state index in [0.29, 0.717) is 18.4 Å². The monoisotopic (exact) mass is 338 g/mol. The number of carbonyl (C=O) groups excluding carboxylic acids is 1. The van der Waals surface area contributed by atoms with Crippen molar-refractivity contribution in [3.63, 3.8) is 0 Å². The maximum Gasteiger partial charge on any atom is 0.163 e. The van der Waals surface area contributed by atoms with Crippen LogP contribution in [0.15, 0.2) is 66.8 Å². The molecule has 3 heteroatoms. The first-order valence-electron chi connectivity index (χ1n) is 8.14. The van der Waals surface area contributed by atoms with E-state index in [2.05, 4.69) is 31.4 Å². The Labute approximate surface area is 146 Å². The van der Waals surface area contributed by atoms with Crippen molar-refractivity contribution >= 4 is 27.2 Å². The fourth-order valence-corrected chi connectivity index (χ4v) is 4.09. The Kier molecular flexibility index (Phi) is 4.57. The zero-order chi connectivity index (χ0) is 17.3. The highest BCUT2D eigenvalue weighted by Gasteiger charge is 2.29. The van der Waals surface area contributed by atoms with Gasteiger partial charge in [-0.3, -0.25) is 4.79 Å². The lowest BCUT2D eigenvalue weighted by Crippen LogP contribution is -2.21. The largest absolute Gasteiger partial charge is 0.386 e. The number of hydrogen-bond acceptors (Lipinski definition) is 3. The van der Waals surface area contributed by atoms with Crippen LogP contribution in [0.1, 0.15) is 24.6 Å². The summed E-state index contributed by atoms with van der Waals surface area (Å²) < 4.78 is 1.28. The van der Waals surface area contributed by atoms with Crippen molar-refractivity contribution in [2.75, 3.05) is 0 Å². The summed E-state index contributed by atoms with van der Waals surface area (Å²) in [5.74, 6) is -0.0760. The average Bonchev–Trinajstić information content (AvgIpc) is 3.05. The number of thiophene rings is 1. The van der Waals surface area contributed by atoms with Crippen molar-refractivity contribution in [1.82, 2.24) is 0 Å². The second-order valence-corrected chi connectivity index (χ2v) is 7.90. The van der Waals surface area contributed by atoms with Gasteiger partial charge in [-0.1, -0.05) is 49.1 Å². The summed E-state index contributed by atoms with van der Waals surface area (Å²) in [4.78, 5) is 12.9. The normalized spacial score (nSPS) is 21.1. The van der Waals surface area contributed by atoms with Crippen molar-refractivity contribution in [3.05, 3.63) is 71.7 Å². The Morgan fingerprint density at radius 1 is 1.38 bits per heavy atom. The minimum atomic E-state index is -0.914. The summed E-state index contributed by atoms with van der Waals surface area (Å²) in [6, 6.07) is 10.5. The van der Waals surface area contributed by atoms with Crippen molar-refractivity contribution in [1.29, 1.82) is 0 Å². The molecule has 0 unspecified atom stereocenters. The van der Waals surface area contributed by atoms with Gasteiger partial charge in [-0.05, 0) is 42.9 Å². The topological polar surface area (TPSA) is 37.3 Å². The van der Waals surface area contributed by atoms with Crippen LogP contribution in [0.2, 0.25) is 0 Å². The number of ketones is 1. The molecular formula is C21H22O2S. The molecule has 1 N–H and O–H groups in total. The Morgan fingerprint density at radius 2 is 2.12 bits per heavy atom. The summed E-state index contributed by atoms with van der Waals surface area (Å²) in [5.41, 5.74) is 0.528. The van der Waals surface area contributed by atoms with Crippen LogP contribution < -0.4 is 0 Å². The van der Waals surface area contributed by atoms with E-state index in [0.717, 1.165) is 12.0 Å². The lowest BCUT2D eigenvalue weighted by molar-refractivity contribution is -0.114. The van der Waals surface area contributed by atoms with Crippen molar-refractivity contribution in [2.24, 2.45) is 5.92 Å². The van der Waals surface area contributed by atoms with E-state index >= 15 is 0 Å². The number of hydrogen-bond donors (Lipinski definition) is 1. The number of Topliss-reactive ketones (excluding diaryl/α,β-unsaturated/α-hetero) is 1. The second kappa shape index (κ2) is 6.50. The van der Waals surface area contributed by atoms with Gasteiger partial charge in [0.25, 0.3) is 0 Å². The molecule has 1 aliphatic rings. The lowest BCUT2D eigenvalue weighted by Gasteiger charge is -2.19. The van der Waals surface area contributed by atoms with E-state index in [9.17, 15) is 9.90 Å². The molecule has 1 aromatic heterocycles. The van der Waals surface area contributed by atoms with E-state index in [-0.39, 0.29) is 11.7 Å². The van der Waals surface area contributed by atoms with Gasteiger partial charge in [0.1, 0.15) is 0 Å². The van der Waals surface area contributed by atoms with E-state index in [1.165, 1.54) is 15.0 Å². The molecule has 0 aliphatic heterocycles. The van der Waals surface area contributed by atoms with E-state index < -0.39 is 5.60 Å². The molecule has 1 aromatic carbocycles. The van der Waals surface area contributed by atoms with Crippen LogP contribution in [0.25, 0.3) is 10.1 Å². The van der Waals surface area contributed by atoms with Gasteiger partial charge in [0.05, 0.1) is 5.60 Å². The van der Waals surface area contributed by atoms with Crippen LogP contribution in [0.3, 0.4) is 0 Å². The van der Waals surface area contributed by atoms with Crippen LogP contribution in [0.5, 0.6) is 0 Å². The quantitative estimate of drug-likeness (QED) is 0.625. The van der Waals surface area contributed by atoms with E-state index in [1.807, 2.05) is 18.2 Å². The maximum atomic E-state index is 11.7. The summed E-state index contributed by atoms with van der Waals surface area (Å²) in [6.45, 7) is 9.59. The second-order valence-electron chi connectivity index (χ2n) is 6.73. The molecule has 24 heavy (non-hydrogen) atoms. The third-order valence-corrected chi connectivity index (χ3v) is 5.74. The molecule has 3 rings (SSSR count). The molecule has 124 valence electrons. The van der Waals surface area contributed by atoms with Crippen molar-refractivity contribution in [2.45, 2.75) is 31.8 Å². The number of aliphatic hydroxyl groups is 1. The molecule has 1 aliphatic carbocycles. The van der Waals surface area contributed by atoms with E-state index in [4.69, 9.17) is 0 Å². The van der Waals surface area contributed by atoms with Gasteiger partial charge >= 0.3 is 0 Å². The number of benzene rings is 1. The van der Waals surface area contributed by atoms with Crippen molar-refractivity contribution < 1.29 is 9.90 Å². The molecule has 0 saturated heterocycles. The first-order valence-corrected chi connectivity index (χ1v) is 8.96. The van der Waals surface area contributed by atoms with Crippen LogP contribution in [-0.2, 0) is 11.2 Å². The third-order valence-electron chi connectivity index (χ3n) is 4.56. The molecule has 2 nitrogen and oxygen atoms in total. The molecule has 0 bridgehead atoms. The van der Waals surface area contributed by atoms with Gasteiger partial charge in [-0.25, -0.2) is 0 Å². The maximum absolute atomic E-state index is 11.7. The third kappa shape index (κ3) is 3.58. The van der Waals surface area contributed by atoms with Gasteiger partial charge in [-0.15, -0.1) is 11.3 Å². The molecular weight excluding hydrogens is 316 g/mol. The molecule has 1 heterocycles. The minimum Gasteiger partial charge on any atom is -0.386 e. The Morgan fingerprint density at radius 3 is 2.79 bits per heavy atom. The van der Waals surface area contributed by atoms with Gasteiger partial charge in [0.2, 0.25) is 0 Å². The van der Waals surface area contributed by atoms with Crippen LogP contribution in [0, 0.1) is 5.92 Å². The highest BCUT2D eigenvalue weighted by Crippen LogP contribution is 2.33. The molecule has 2 aromatic rings. The van der Waals surface area contributed by atoms with Gasteiger partial charge in [0.15, 0.2) is 5.78 Å². The van der Waals surface area contributed by atoms with Gasteiger partial charge < -0.3 is 5.11 Å². The number of rotatable bonds is 5. The average molecular weight is 338 g/mol. The molecule has 1 fully saturated rings. The van der Waals surface area contributed by atoms with Crippen LogP contribution in [-0.4, -0.2) is 16.5 Å². The summed E-state index contributed by atoms with van der Waals surface area (Å²) >= 11 is 1.77. The molecule has 0 radical (unpaired) electrons. The molecule has 0 amide bonds. The number of fused-ring (bicyclic) bond motifs is 1. The molecule has 1 saturated carbocycles. The zero-order valence-electron chi connectivity index (χ0n) is 13.9. The SMILES string of the molecule is C=C1CC(=O)C(=C)[C@H]1/C=C/[C@](C)(O)CCc1cc2ccccc2s1. The smallest absolute Gasteiger partial charge is 0.163 e. The van der Waals surface area contributed by atoms with Crippen LogP contribution in [0.4, 0.5) is 0 Å². The Bertz CT molecular complexity index is 805. The van der Waals surface area contributed by atoms with Crippen molar-refractivity contribution in [3.8, 4) is 0 Å². The number of allylic oxidation sites excluding steroid dienone is 3. The highest BCUT2D eigenvalue weighted by molar-refractivity contribution is 7.19. The Balaban J connectivity index is 1.65. The van der Waals surface area contributed by atoms with Gasteiger partial charge in [0, 0.05) is 21.9 Å². The van der Waals surface area contributed by atoms with E-state index in [1.54, 1.807) is 24.3 Å². The predicted octanol–water partition coefficient (Wildman–Crippen LogP) is 4.84. The highest BCUT2D eigenvalue weighted by atomic mass is 32.1. The molecule has 0 spiro atoms. The first-order chi connectivity index (χ1) is 11.4. The lowest BCUT2D eigenvalue weighted by atomic mass is 9.94. The summed E-state index contributed by atoms with van der Waals surface area (Å²) in [5, 5.41) is 11.9.